The average Bonchev–Trinajstić information content (AvgIpc) is 3.12. The van der Waals surface area contributed by atoms with Gasteiger partial charge in [-0.15, -0.1) is 0 Å². The summed E-state index contributed by atoms with van der Waals surface area (Å²) in [7, 11) is 0. The zero-order chi connectivity index (χ0) is 26.9. The van der Waals surface area contributed by atoms with Crippen molar-refractivity contribution in [2.75, 3.05) is 0 Å². The van der Waals surface area contributed by atoms with Crippen molar-refractivity contribution in [3.05, 3.63) is 174 Å². The highest BCUT2D eigenvalue weighted by atomic mass is 14.4. The third-order valence-corrected chi connectivity index (χ3v) is 9.07. The first-order valence-corrected chi connectivity index (χ1v) is 14.4. The summed E-state index contributed by atoms with van der Waals surface area (Å²) in [5.41, 5.74) is 12.1. The van der Waals surface area contributed by atoms with Gasteiger partial charge in [0.1, 0.15) is 0 Å². The molecule has 0 spiro atoms. The minimum Gasteiger partial charge on any atom is -0.0726 e. The van der Waals surface area contributed by atoms with Crippen molar-refractivity contribution in [3.63, 3.8) is 0 Å². The number of benzene rings is 7. The number of rotatable bonds is 3. The summed E-state index contributed by atoms with van der Waals surface area (Å²) in [6, 6.07) is 49.3. The second-order valence-corrected chi connectivity index (χ2v) is 11.2. The van der Waals surface area contributed by atoms with E-state index in [1.54, 1.807) is 0 Å². The highest BCUT2D eigenvalue weighted by Gasteiger charge is 2.33. The molecule has 0 heteroatoms. The Labute approximate surface area is 239 Å². The van der Waals surface area contributed by atoms with Crippen molar-refractivity contribution in [2.45, 2.75) is 5.92 Å². The molecule has 0 N–H and O–H groups in total. The monoisotopic (exact) mass is 518 g/mol. The van der Waals surface area contributed by atoms with Crippen LogP contribution in [0, 0.1) is 0 Å². The van der Waals surface area contributed by atoms with Crippen molar-refractivity contribution in [2.24, 2.45) is 0 Å². The normalized spacial score (nSPS) is 15.1. The second kappa shape index (κ2) is 8.65. The summed E-state index contributed by atoms with van der Waals surface area (Å²) >= 11 is 0. The van der Waals surface area contributed by atoms with Gasteiger partial charge in [0.25, 0.3) is 0 Å². The van der Waals surface area contributed by atoms with Crippen LogP contribution in [0.2, 0.25) is 0 Å². The second-order valence-electron chi connectivity index (χ2n) is 11.2. The fourth-order valence-electron chi connectivity index (χ4n) is 7.17. The highest BCUT2D eigenvalue weighted by Crippen LogP contribution is 2.53. The maximum atomic E-state index is 2.47. The lowest BCUT2D eigenvalue weighted by Crippen LogP contribution is -2.14. The number of fused-ring (bicyclic) bond motifs is 4. The van der Waals surface area contributed by atoms with Gasteiger partial charge < -0.3 is 0 Å². The molecule has 0 unspecified atom stereocenters. The van der Waals surface area contributed by atoms with Crippen LogP contribution in [0.5, 0.6) is 0 Å². The Balaban J connectivity index is 1.36. The molecule has 7 aromatic carbocycles. The van der Waals surface area contributed by atoms with Gasteiger partial charge in [-0.2, -0.15) is 0 Å². The maximum Gasteiger partial charge on any atom is 0.0285 e. The fourth-order valence-corrected chi connectivity index (χ4v) is 7.17. The van der Waals surface area contributed by atoms with Gasteiger partial charge in [0.2, 0.25) is 0 Å². The van der Waals surface area contributed by atoms with Crippen LogP contribution in [0.3, 0.4) is 0 Å². The lowest BCUT2D eigenvalue weighted by molar-refractivity contribution is 0.945. The molecule has 1 atom stereocenters. The summed E-state index contributed by atoms with van der Waals surface area (Å²) in [6.07, 6.45) is 6.92. The minimum atomic E-state index is 0.347. The van der Waals surface area contributed by atoms with E-state index in [1.807, 2.05) is 0 Å². The summed E-state index contributed by atoms with van der Waals surface area (Å²) in [5, 5.41) is 7.76. The number of hydrogen-bond donors (Lipinski definition) is 0. The lowest BCUT2D eigenvalue weighted by atomic mass is 9.70. The van der Waals surface area contributed by atoms with E-state index < -0.39 is 0 Å². The molecule has 0 nitrogen and oxygen atoms in total. The molecule has 0 aliphatic heterocycles. The third-order valence-electron chi connectivity index (χ3n) is 9.07. The summed E-state index contributed by atoms with van der Waals surface area (Å²) in [6.45, 7) is 0. The van der Waals surface area contributed by atoms with E-state index >= 15 is 0 Å². The zero-order valence-corrected chi connectivity index (χ0v) is 22.5. The van der Waals surface area contributed by atoms with E-state index in [2.05, 4.69) is 152 Å². The van der Waals surface area contributed by atoms with Gasteiger partial charge in [0.05, 0.1) is 0 Å². The Morgan fingerprint density at radius 2 is 1.02 bits per heavy atom. The fraction of sp³-hybridized carbons (Fsp3) is 0.0244. The van der Waals surface area contributed by atoms with E-state index in [1.165, 1.54) is 82.4 Å². The van der Waals surface area contributed by atoms with Crippen LogP contribution in [0.4, 0.5) is 0 Å². The topological polar surface area (TPSA) is 0 Å². The van der Waals surface area contributed by atoms with E-state index in [0.29, 0.717) is 5.92 Å². The number of allylic oxidation sites excluding steroid dienone is 3. The molecule has 41 heavy (non-hydrogen) atoms. The number of hydrogen-bond acceptors (Lipinski definition) is 0. The minimum absolute atomic E-state index is 0.347. The van der Waals surface area contributed by atoms with Gasteiger partial charge >= 0.3 is 0 Å². The van der Waals surface area contributed by atoms with E-state index in [4.69, 9.17) is 0 Å². The van der Waals surface area contributed by atoms with Gasteiger partial charge in [-0.3, -0.25) is 0 Å². The molecular formula is C41H26. The van der Waals surface area contributed by atoms with Crippen LogP contribution < -0.4 is 0 Å². The quantitative estimate of drug-likeness (QED) is 0.204. The van der Waals surface area contributed by atoms with Gasteiger partial charge in [0.15, 0.2) is 0 Å². The standard InChI is InChI=1S/C41H26/c1-2-12-27(13-3-1)30-19-10-20-31-37-24-38(31)39(25-36(30)37)41-34-17-8-6-15-32(34)40(33-16-7-9-18-35(33)41)29-22-21-26-11-4-5-14-28(26)23-29/h1-25,31H/t31-/m1/s1. The molecule has 7 aromatic rings. The lowest BCUT2D eigenvalue weighted by Gasteiger charge is -2.32. The van der Waals surface area contributed by atoms with Gasteiger partial charge in [-0.05, 0) is 94.5 Å². The van der Waals surface area contributed by atoms with E-state index in [0.717, 1.165) is 0 Å². The smallest absolute Gasteiger partial charge is 0.0285 e. The molecule has 4 bridgehead atoms. The molecule has 0 fully saturated rings. The molecule has 3 aliphatic carbocycles. The van der Waals surface area contributed by atoms with Crippen LogP contribution >= 0.6 is 0 Å². The largest absolute Gasteiger partial charge is 0.0726 e. The molecular weight excluding hydrogens is 492 g/mol. The zero-order valence-electron chi connectivity index (χ0n) is 22.5. The molecule has 0 aromatic heterocycles. The molecule has 0 saturated carbocycles. The van der Waals surface area contributed by atoms with Gasteiger partial charge in [-0.25, -0.2) is 0 Å². The van der Waals surface area contributed by atoms with Crippen LogP contribution in [-0.4, -0.2) is 0 Å². The Morgan fingerprint density at radius 1 is 0.415 bits per heavy atom. The van der Waals surface area contributed by atoms with Crippen molar-refractivity contribution in [1.82, 2.24) is 0 Å². The summed E-state index contributed by atoms with van der Waals surface area (Å²) in [5.74, 6) is 0.347. The molecule has 0 radical (unpaired) electrons. The predicted molar refractivity (Wildman–Crippen MR) is 174 cm³/mol. The van der Waals surface area contributed by atoms with Gasteiger partial charge in [0, 0.05) is 5.92 Å². The van der Waals surface area contributed by atoms with Crippen LogP contribution in [0.15, 0.2) is 152 Å². The first-order chi connectivity index (χ1) is 20.3. The summed E-state index contributed by atoms with van der Waals surface area (Å²) < 4.78 is 0. The Bertz CT molecular complexity index is 2190. The van der Waals surface area contributed by atoms with Crippen LogP contribution in [-0.2, 0) is 0 Å². The van der Waals surface area contributed by atoms with Gasteiger partial charge in [-0.1, -0.05) is 140 Å². The summed E-state index contributed by atoms with van der Waals surface area (Å²) in [4.78, 5) is 0. The van der Waals surface area contributed by atoms with Crippen LogP contribution in [0.25, 0.3) is 60.1 Å². The molecule has 190 valence electrons. The molecule has 10 rings (SSSR count). The van der Waals surface area contributed by atoms with Crippen LogP contribution in [0.1, 0.15) is 28.2 Å². The van der Waals surface area contributed by atoms with Crippen molar-refractivity contribution in [3.8, 4) is 22.3 Å². The highest BCUT2D eigenvalue weighted by molar-refractivity contribution is 6.22. The molecule has 0 amide bonds. The Kier molecular flexibility index (Phi) is 4.77. The van der Waals surface area contributed by atoms with Crippen molar-refractivity contribution < 1.29 is 0 Å². The predicted octanol–water partition coefficient (Wildman–Crippen LogP) is 10.9. The molecule has 3 aliphatic rings. The van der Waals surface area contributed by atoms with E-state index in [-0.39, 0.29) is 0 Å². The van der Waals surface area contributed by atoms with Crippen molar-refractivity contribution >= 4 is 37.9 Å². The van der Waals surface area contributed by atoms with Crippen molar-refractivity contribution in [1.29, 1.82) is 0 Å². The maximum absolute atomic E-state index is 2.47. The van der Waals surface area contributed by atoms with E-state index in [9.17, 15) is 0 Å². The molecule has 0 saturated heterocycles. The molecule has 0 heterocycles. The third kappa shape index (κ3) is 3.28. The Hall–Kier alpha value is -5.20. The average molecular weight is 519 g/mol. The SMILES string of the molecule is C1=C[C@@H]2c3cc2c(-c2c4ccccc4c(-c4ccc5ccccc5c4)c4ccccc24)cc3C(c2ccccc2)=C1. The first-order valence-electron chi connectivity index (χ1n) is 14.4. The first kappa shape index (κ1) is 22.6. The Morgan fingerprint density at radius 3 is 1.76 bits per heavy atom.